The predicted octanol–water partition coefficient (Wildman–Crippen LogP) is 2.73. The second kappa shape index (κ2) is 7.34. The molecule has 104 valence electrons. The summed E-state index contributed by atoms with van der Waals surface area (Å²) in [7, 11) is 1.77. The molecular weight excluding hydrogens is 246 g/mol. The highest BCUT2D eigenvalue weighted by atomic mass is 15.2. The Balaban J connectivity index is 1.90. The predicted molar refractivity (Wildman–Crippen MR) is 87.2 cm³/mol. The average Bonchev–Trinajstić information content (AvgIpc) is 2.50. The van der Waals surface area contributed by atoms with Gasteiger partial charge in [-0.15, -0.1) is 6.58 Å². The fraction of sp³-hybridized carbons (Fsp3) is 0.235. The highest BCUT2D eigenvalue weighted by Crippen LogP contribution is 2.15. The van der Waals surface area contributed by atoms with Gasteiger partial charge in [-0.2, -0.15) is 0 Å². The third-order valence-corrected chi connectivity index (χ3v) is 3.16. The molecule has 0 aliphatic carbocycles. The number of rotatable bonds is 5. The summed E-state index contributed by atoms with van der Waals surface area (Å²) in [5.41, 5.74) is 1.33. The second-order valence-electron chi connectivity index (χ2n) is 4.60. The van der Waals surface area contributed by atoms with Crippen LogP contribution in [0.15, 0.2) is 60.1 Å². The van der Waals surface area contributed by atoms with E-state index in [9.17, 15) is 0 Å². The molecule has 0 saturated carbocycles. The van der Waals surface area contributed by atoms with Gasteiger partial charge in [-0.3, -0.25) is 4.99 Å². The molecule has 0 atom stereocenters. The van der Waals surface area contributed by atoms with Crippen LogP contribution in [0.25, 0.3) is 10.8 Å². The molecule has 0 unspecified atom stereocenters. The van der Waals surface area contributed by atoms with Crippen LogP contribution in [0, 0.1) is 0 Å². The van der Waals surface area contributed by atoms with Gasteiger partial charge in [-0.25, -0.2) is 0 Å². The molecule has 3 nitrogen and oxygen atoms in total. The zero-order valence-corrected chi connectivity index (χ0v) is 11.9. The van der Waals surface area contributed by atoms with Crippen molar-refractivity contribution in [3.05, 3.63) is 60.7 Å². The lowest BCUT2D eigenvalue weighted by Gasteiger charge is -2.10. The molecule has 3 heteroatoms. The summed E-state index contributed by atoms with van der Waals surface area (Å²) < 4.78 is 0. The molecule has 0 aromatic heterocycles. The van der Waals surface area contributed by atoms with Crippen molar-refractivity contribution < 1.29 is 0 Å². The number of nitrogens with zero attached hydrogens (tertiary/aromatic N) is 1. The molecule has 2 rings (SSSR count). The van der Waals surface area contributed by atoms with E-state index < -0.39 is 0 Å². The summed E-state index contributed by atoms with van der Waals surface area (Å²) in [5.74, 6) is 0.811. The first-order valence-corrected chi connectivity index (χ1v) is 6.86. The first kappa shape index (κ1) is 14.1. The van der Waals surface area contributed by atoms with Crippen LogP contribution in [0.1, 0.15) is 5.56 Å². The molecule has 0 spiro atoms. The normalized spacial score (nSPS) is 11.3. The monoisotopic (exact) mass is 267 g/mol. The molecular formula is C17H21N3. The highest BCUT2D eigenvalue weighted by Gasteiger charge is 1.98. The summed E-state index contributed by atoms with van der Waals surface area (Å²) in [6.07, 6.45) is 2.79. The van der Waals surface area contributed by atoms with Gasteiger partial charge in [0.05, 0.1) is 0 Å². The number of hydrogen-bond donors (Lipinski definition) is 2. The molecule has 0 aliphatic rings. The fourth-order valence-corrected chi connectivity index (χ4v) is 2.11. The highest BCUT2D eigenvalue weighted by molar-refractivity contribution is 5.83. The summed E-state index contributed by atoms with van der Waals surface area (Å²) >= 11 is 0. The van der Waals surface area contributed by atoms with E-state index in [4.69, 9.17) is 0 Å². The summed E-state index contributed by atoms with van der Waals surface area (Å²) in [6.45, 7) is 5.25. The number of fused-ring (bicyclic) bond motifs is 1. The van der Waals surface area contributed by atoms with E-state index in [1.165, 1.54) is 16.3 Å². The largest absolute Gasteiger partial charge is 0.356 e. The minimum absolute atomic E-state index is 0.718. The Labute approximate surface area is 120 Å². The van der Waals surface area contributed by atoms with Gasteiger partial charge in [-0.05, 0) is 22.8 Å². The van der Waals surface area contributed by atoms with Crippen LogP contribution in [-0.4, -0.2) is 26.1 Å². The van der Waals surface area contributed by atoms with Crippen LogP contribution in [0.3, 0.4) is 0 Å². The standard InChI is InChI=1S/C17H21N3/c1-3-11-19-17(18-2)20-12-10-14-8-9-15-6-4-5-7-16(15)13-14/h3-9,13H,1,10-12H2,2H3,(H2,18,19,20). The molecule has 2 N–H and O–H groups in total. The first-order chi connectivity index (χ1) is 9.83. The van der Waals surface area contributed by atoms with E-state index >= 15 is 0 Å². The molecule has 0 saturated heterocycles. The molecule has 0 bridgehead atoms. The van der Waals surface area contributed by atoms with E-state index in [1.54, 1.807) is 7.05 Å². The first-order valence-electron chi connectivity index (χ1n) is 6.86. The lowest BCUT2D eigenvalue weighted by molar-refractivity contribution is 0.822. The number of aliphatic imine (C=N–C) groups is 1. The molecule has 0 aliphatic heterocycles. The third kappa shape index (κ3) is 3.85. The van der Waals surface area contributed by atoms with Gasteiger partial charge < -0.3 is 10.6 Å². The van der Waals surface area contributed by atoms with Crippen LogP contribution in [-0.2, 0) is 6.42 Å². The maximum atomic E-state index is 4.15. The number of benzene rings is 2. The van der Waals surface area contributed by atoms with Gasteiger partial charge in [0, 0.05) is 20.1 Å². The maximum absolute atomic E-state index is 4.15. The molecule has 2 aromatic carbocycles. The Bertz CT molecular complexity index is 602. The van der Waals surface area contributed by atoms with Crippen molar-refractivity contribution in [1.82, 2.24) is 10.6 Å². The van der Waals surface area contributed by atoms with E-state index in [1.807, 2.05) is 6.08 Å². The Morgan fingerprint density at radius 1 is 1.15 bits per heavy atom. The quantitative estimate of drug-likeness (QED) is 0.496. The van der Waals surface area contributed by atoms with Gasteiger partial charge in [-0.1, -0.05) is 48.5 Å². The Morgan fingerprint density at radius 3 is 2.70 bits per heavy atom. The zero-order chi connectivity index (χ0) is 14.2. The van der Waals surface area contributed by atoms with Gasteiger partial charge in [0.1, 0.15) is 0 Å². The Morgan fingerprint density at radius 2 is 1.95 bits per heavy atom. The molecule has 0 amide bonds. The maximum Gasteiger partial charge on any atom is 0.191 e. The topological polar surface area (TPSA) is 36.4 Å². The zero-order valence-electron chi connectivity index (χ0n) is 11.9. The van der Waals surface area contributed by atoms with E-state index in [0.29, 0.717) is 0 Å². The average molecular weight is 267 g/mol. The lowest BCUT2D eigenvalue weighted by Crippen LogP contribution is -2.38. The fourth-order valence-electron chi connectivity index (χ4n) is 2.11. The van der Waals surface area contributed by atoms with Crippen molar-refractivity contribution in [2.24, 2.45) is 4.99 Å². The van der Waals surface area contributed by atoms with Crippen LogP contribution >= 0.6 is 0 Å². The van der Waals surface area contributed by atoms with Crippen LogP contribution < -0.4 is 10.6 Å². The van der Waals surface area contributed by atoms with Gasteiger partial charge in [0.15, 0.2) is 5.96 Å². The van der Waals surface area contributed by atoms with Gasteiger partial charge >= 0.3 is 0 Å². The number of nitrogens with one attached hydrogen (secondary N) is 2. The third-order valence-electron chi connectivity index (χ3n) is 3.16. The molecule has 0 fully saturated rings. The van der Waals surface area contributed by atoms with Crippen molar-refractivity contribution in [3.8, 4) is 0 Å². The van der Waals surface area contributed by atoms with Crippen LogP contribution in [0.5, 0.6) is 0 Å². The van der Waals surface area contributed by atoms with Crippen LogP contribution in [0.4, 0.5) is 0 Å². The molecule has 2 aromatic rings. The van der Waals surface area contributed by atoms with Crippen molar-refractivity contribution >= 4 is 16.7 Å². The summed E-state index contributed by atoms with van der Waals surface area (Å²) in [5, 5.41) is 9.02. The number of hydrogen-bond acceptors (Lipinski definition) is 1. The minimum Gasteiger partial charge on any atom is -0.356 e. The second-order valence-corrected chi connectivity index (χ2v) is 4.60. The van der Waals surface area contributed by atoms with E-state index in [0.717, 1.165) is 25.5 Å². The number of guanidine groups is 1. The summed E-state index contributed by atoms with van der Waals surface area (Å²) in [6, 6.07) is 15.0. The van der Waals surface area contributed by atoms with E-state index in [2.05, 4.69) is 64.7 Å². The van der Waals surface area contributed by atoms with Crippen molar-refractivity contribution in [2.75, 3.05) is 20.1 Å². The molecule has 20 heavy (non-hydrogen) atoms. The molecule has 0 heterocycles. The Hall–Kier alpha value is -2.29. The van der Waals surface area contributed by atoms with Crippen LogP contribution in [0.2, 0.25) is 0 Å². The summed E-state index contributed by atoms with van der Waals surface area (Å²) in [4.78, 5) is 4.15. The van der Waals surface area contributed by atoms with Crippen molar-refractivity contribution in [3.63, 3.8) is 0 Å². The Kier molecular flexibility index (Phi) is 5.18. The minimum atomic E-state index is 0.718. The lowest BCUT2D eigenvalue weighted by atomic mass is 10.1. The smallest absolute Gasteiger partial charge is 0.191 e. The van der Waals surface area contributed by atoms with Crippen molar-refractivity contribution in [1.29, 1.82) is 0 Å². The van der Waals surface area contributed by atoms with Gasteiger partial charge in [0.25, 0.3) is 0 Å². The van der Waals surface area contributed by atoms with Gasteiger partial charge in [0.2, 0.25) is 0 Å². The molecule has 0 radical (unpaired) electrons. The SMILES string of the molecule is C=CCNC(=NC)NCCc1ccc2ccccc2c1. The van der Waals surface area contributed by atoms with Crippen molar-refractivity contribution in [2.45, 2.75) is 6.42 Å². The van der Waals surface area contributed by atoms with E-state index in [-0.39, 0.29) is 0 Å².